The molecule has 88 valence electrons. The van der Waals surface area contributed by atoms with Gasteiger partial charge in [0.25, 0.3) is 0 Å². The Bertz CT molecular complexity index is 242. The number of hydrogen-bond acceptors (Lipinski definition) is 4. The zero-order valence-corrected chi connectivity index (χ0v) is 9.56. The molecule has 1 aliphatic carbocycles. The highest BCUT2D eigenvalue weighted by Gasteiger charge is 2.45. The van der Waals surface area contributed by atoms with Gasteiger partial charge in [-0.2, -0.15) is 0 Å². The highest BCUT2D eigenvalue weighted by atomic mass is 35.5. The number of rotatable bonds is 5. The van der Waals surface area contributed by atoms with E-state index >= 15 is 0 Å². The van der Waals surface area contributed by atoms with E-state index in [0.717, 1.165) is 12.8 Å². The van der Waals surface area contributed by atoms with Gasteiger partial charge in [0.15, 0.2) is 0 Å². The summed E-state index contributed by atoms with van der Waals surface area (Å²) in [6.07, 6.45) is 1.67. The molecule has 0 bridgehead atoms. The zero-order chi connectivity index (χ0) is 10.6. The molecule has 0 atom stereocenters. The summed E-state index contributed by atoms with van der Waals surface area (Å²) in [7, 11) is 0. The first-order valence-corrected chi connectivity index (χ1v) is 4.81. The topological polar surface area (TPSA) is 81.4 Å². The van der Waals surface area contributed by atoms with Gasteiger partial charge in [-0.25, -0.2) is 0 Å². The summed E-state index contributed by atoms with van der Waals surface area (Å²) in [5.74, 6) is -0.462. The molecule has 0 unspecified atom stereocenters. The van der Waals surface area contributed by atoms with Gasteiger partial charge in [0.1, 0.15) is 0 Å². The molecule has 0 aromatic rings. The van der Waals surface area contributed by atoms with Crippen molar-refractivity contribution in [2.24, 2.45) is 5.73 Å². The molecule has 1 rings (SSSR count). The van der Waals surface area contributed by atoms with Gasteiger partial charge in [0.2, 0.25) is 5.91 Å². The van der Waals surface area contributed by atoms with Crippen LogP contribution >= 0.6 is 12.4 Å². The largest absolute Gasteiger partial charge is 0.466 e. The molecule has 0 heterocycles. The lowest BCUT2D eigenvalue weighted by Crippen LogP contribution is -2.43. The maximum Gasteiger partial charge on any atom is 0.307 e. The van der Waals surface area contributed by atoms with Gasteiger partial charge in [0.05, 0.1) is 18.6 Å². The fourth-order valence-electron chi connectivity index (χ4n) is 1.05. The molecule has 5 nitrogen and oxygen atoms in total. The smallest absolute Gasteiger partial charge is 0.307 e. The predicted molar refractivity (Wildman–Crippen MR) is 57.7 cm³/mol. The fraction of sp³-hybridized carbons (Fsp3) is 0.778. The molecule has 6 heteroatoms. The van der Waals surface area contributed by atoms with Crippen molar-refractivity contribution in [3.63, 3.8) is 0 Å². The third-order valence-corrected chi connectivity index (χ3v) is 2.16. The predicted octanol–water partition coefficient (Wildman–Crippen LogP) is -0.0311. The van der Waals surface area contributed by atoms with Crippen LogP contribution in [0.2, 0.25) is 0 Å². The molecule has 1 aliphatic rings. The normalized spacial score (nSPS) is 16.1. The molecule has 0 radical (unpaired) electrons. The van der Waals surface area contributed by atoms with Crippen LogP contribution in [0.25, 0.3) is 0 Å². The van der Waals surface area contributed by atoms with Gasteiger partial charge in [0, 0.05) is 6.54 Å². The highest BCUT2D eigenvalue weighted by molar-refractivity contribution is 5.89. The molecule has 0 aliphatic heterocycles. The van der Waals surface area contributed by atoms with Crippen LogP contribution in [0.3, 0.4) is 0 Å². The van der Waals surface area contributed by atoms with E-state index < -0.39 is 5.54 Å². The van der Waals surface area contributed by atoms with Crippen LogP contribution in [0.1, 0.15) is 26.2 Å². The first-order valence-electron chi connectivity index (χ1n) is 4.81. The monoisotopic (exact) mass is 236 g/mol. The third-order valence-electron chi connectivity index (χ3n) is 2.16. The van der Waals surface area contributed by atoms with Crippen molar-refractivity contribution < 1.29 is 14.3 Å². The Hall–Kier alpha value is -0.810. The number of nitrogens with two attached hydrogens (primary N) is 1. The average molecular weight is 237 g/mol. The van der Waals surface area contributed by atoms with E-state index in [9.17, 15) is 9.59 Å². The number of esters is 1. The number of hydrogen-bond donors (Lipinski definition) is 2. The minimum Gasteiger partial charge on any atom is -0.466 e. The Morgan fingerprint density at radius 3 is 2.53 bits per heavy atom. The number of carbonyl (C=O) groups excluding carboxylic acids is 2. The summed E-state index contributed by atoms with van der Waals surface area (Å²) in [5, 5.41) is 2.61. The summed E-state index contributed by atoms with van der Waals surface area (Å²) in [5.41, 5.74) is 4.98. The fourth-order valence-corrected chi connectivity index (χ4v) is 1.05. The van der Waals surface area contributed by atoms with Gasteiger partial charge in [-0.15, -0.1) is 12.4 Å². The lowest BCUT2D eigenvalue weighted by atomic mass is 10.2. The van der Waals surface area contributed by atoms with E-state index in [2.05, 4.69) is 5.32 Å². The van der Waals surface area contributed by atoms with E-state index in [0.29, 0.717) is 13.2 Å². The highest BCUT2D eigenvalue weighted by Crippen LogP contribution is 2.31. The van der Waals surface area contributed by atoms with Gasteiger partial charge in [-0.05, 0) is 19.8 Å². The number of ether oxygens (including phenoxy) is 1. The molecule has 1 fully saturated rings. The van der Waals surface area contributed by atoms with Gasteiger partial charge in [-0.3, -0.25) is 9.59 Å². The second-order valence-corrected chi connectivity index (χ2v) is 3.47. The second-order valence-electron chi connectivity index (χ2n) is 3.47. The summed E-state index contributed by atoms with van der Waals surface area (Å²) >= 11 is 0. The van der Waals surface area contributed by atoms with Crippen molar-refractivity contribution in [3.05, 3.63) is 0 Å². The average Bonchev–Trinajstić information content (AvgIpc) is 2.85. The quantitative estimate of drug-likeness (QED) is 0.657. The minimum atomic E-state index is -0.658. The standard InChI is InChI=1S/C9H16N2O3.ClH/c1-2-14-7(12)3-6-11-8(13)9(10)4-5-9;/h2-6,10H2,1H3,(H,11,13);1H. The Labute approximate surface area is 95.1 Å². The van der Waals surface area contributed by atoms with Crippen LogP contribution in [-0.4, -0.2) is 30.6 Å². The van der Waals surface area contributed by atoms with Crippen LogP contribution in [0.4, 0.5) is 0 Å². The van der Waals surface area contributed by atoms with E-state index in [1.807, 2.05) is 0 Å². The first kappa shape index (κ1) is 14.2. The number of nitrogens with one attached hydrogen (secondary N) is 1. The Balaban J connectivity index is 0.00000196. The number of amides is 1. The Kier molecular flexibility index (Phi) is 5.60. The molecular weight excluding hydrogens is 220 g/mol. The van der Waals surface area contributed by atoms with Gasteiger partial charge in [-0.1, -0.05) is 0 Å². The Morgan fingerprint density at radius 2 is 2.07 bits per heavy atom. The van der Waals surface area contributed by atoms with Gasteiger partial charge >= 0.3 is 5.97 Å². The molecule has 0 aromatic carbocycles. The van der Waals surface area contributed by atoms with E-state index in [1.54, 1.807) is 6.92 Å². The van der Waals surface area contributed by atoms with Crippen LogP contribution in [0, 0.1) is 0 Å². The maximum absolute atomic E-state index is 11.3. The van der Waals surface area contributed by atoms with Crippen molar-refractivity contribution in [2.45, 2.75) is 31.7 Å². The molecule has 15 heavy (non-hydrogen) atoms. The molecule has 1 saturated carbocycles. The molecule has 0 spiro atoms. The number of carbonyl (C=O) groups is 2. The van der Waals surface area contributed by atoms with Crippen LogP contribution < -0.4 is 11.1 Å². The van der Waals surface area contributed by atoms with E-state index in [4.69, 9.17) is 10.5 Å². The van der Waals surface area contributed by atoms with Crippen molar-refractivity contribution in [1.82, 2.24) is 5.32 Å². The zero-order valence-electron chi connectivity index (χ0n) is 8.75. The van der Waals surface area contributed by atoms with Crippen LogP contribution in [0.5, 0.6) is 0 Å². The molecule has 0 aromatic heterocycles. The van der Waals surface area contributed by atoms with Crippen LogP contribution in [0.15, 0.2) is 0 Å². The van der Waals surface area contributed by atoms with Crippen molar-refractivity contribution in [2.75, 3.05) is 13.2 Å². The van der Waals surface area contributed by atoms with Crippen molar-refractivity contribution in [1.29, 1.82) is 0 Å². The molecular formula is C9H17ClN2O3. The van der Waals surface area contributed by atoms with Gasteiger partial charge < -0.3 is 15.8 Å². The molecule has 0 saturated heterocycles. The lowest BCUT2D eigenvalue weighted by Gasteiger charge is -2.09. The molecule has 1 amide bonds. The third kappa shape index (κ3) is 4.48. The summed E-state index contributed by atoms with van der Waals surface area (Å²) in [4.78, 5) is 22.2. The van der Waals surface area contributed by atoms with Crippen molar-refractivity contribution >= 4 is 24.3 Å². The van der Waals surface area contributed by atoms with E-state index in [-0.39, 0.29) is 30.7 Å². The van der Waals surface area contributed by atoms with Crippen LogP contribution in [-0.2, 0) is 14.3 Å². The summed E-state index contributed by atoms with van der Waals surface area (Å²) in [6.45, 7) is 2.42. The SMILES string of the molecule is CCOC(=O)CCNC(=O)C1(N)CC1.Cl. The summed E-state index contributed by atoms with van der Waals surface area (Å²) < 4.78 is 4.70. The van der Waals surface area contributed by atoms with Crippen molar-refractivity contribution in [3.8, 4) is 0 Å². The maximum atomic E-state index is 11.3. The lowest BCUT2D eigenvalue weighted by molar-refractivity contribution is -0.143. The Morgan fingerprint density at radius 1 is 1.47 bits per heavy atom. The second kappa shape index (κ2) is 5.92. The first-order chi connectivity index (χ1) is 6.58. The number of halogens is 1. The van der Waals surface area contributed by atoms with E-state index in [1.165, 1.54) is 0 Å². The molecule has 3 N–H and O–H groups in total. The minimum absolute atomic E-state index is 0. The summed E-state index contributed by atoms with van der Waals surface area (Å²) in [6, 6.07) is 0.